The van der Waals surface area contributed by atoms with Gasteiger partial charge in [0, 0.05) is 6.20 Å². The van der Waals surface area contributed by atoms with Gasteiger partial charge < -0.3 is 16.2 Å². The molecule has 0 aromatic carbocycles. The molecule has 4 nitrogen and oxygen atoms in total. The maximum absolute atomic E-state index is 9.15. The van der Waals surface area contributed by atoms with E-state index in [1.165, 1.54) is 6.20 Å². The van der Waals surface area contributed by atoms with Crippen LogP contribution in [-0.4, -0.2) is 22.7 Å². The van der Waals surface area contributed by atoms with Crippen LogP contribution in [0.25, 0.3) is 0 Å². The molecular weight excluding hydrogens is 214 g/mol. The lowest BCUT2D eigenvalue weighted by molar-refractivity contribution is 0.249. The van der Waals surface area contributed by atoms with Gasteiger partial charge >= 0.3 is 0 Å². The van der Waals surface area contributed by atoms with Crippen LogP contribution in [0.15, 0.2) is 12.3 Å². The van der Waals surface area contributed by atoms with Crippen molar-refractivity contribution in [2.45, 2.75) is 19.9 Å². The third-order valence-corrected chi connectivity index (χ3v) is 2.41. The van der Waals surface area contributed by atoms with Gasteiger partial charge in [-0.1, -0.05) is 25.4 Å². The molecule has 1 unspecified atom stereocenters. The lowest BCUT2D eigenvalue weighted by atomic mass is 10.1. The van der Waals surface area contributed by atoms with E-state index in [4.69, 9.17) is 22.4 Å². The van der Waals surface area contributed by atoms with Crippen LogP contribution in [0.4, 0.5) is 11.5 Å². The fraction of sp³-hybridized carbons (Fsp3) is 0.500. The number of nitrogens with one attached hydrogen (secondary N) is 1. The molecule has 84 valence electrons. The summed E-state index contributed by atoms with van der Waals surface area (Å²) in [6, 6.07) is 1.58. The fourth-order valence-corrected chi connectivity index (χ4v) is 1.34. The molecule has 0 radical (unpaired) electrons. The van der Waals surface area contributed by atoms with Gasteiger partial charge in [0.1, 0.15) is 5.82 Å². The van der Waals surface area contributed by atoms with E-state index in [9.17, 15) is 0 Å². The average molecular weight is 230 g/mol. The van der Waals surface area contributed by atoms with Gasteiger partial charge in [-0.05, 0) is 12.0 Å². The molecule has 1 atom stereocenters. The zero-order valence-corrected chi connectivity index (χ0v) is 9.62. The standard InChI is InChI=1S/C10H16ClN3O/c1-6(2)9(5-15)14-10-8(12)3-7(11)4-13-10/h3-4,6,9,15H,5,12H2,1-2H3,(H,13,14). The Kier molecular flexibility index (Phi) is 4.17. The predicted octanol–water partition coefficient (Wildman–Crippen LogP) is 1.75. The number of nitrogens with two attached hydrogens (primary N) is 1. The molecule has 1 heterocycles. The van der Waals surface area contributed by atoms with E-state index < -0.39 is 0 Å². The lowest BCUT2D eigenvalue weighted by Crippen LogP contribution is -2.30. The van der Waals surface area contributed by atoms with Crippen LogP contribution < -0.4 is 11.1 Å². The van der Waals surface area contributed by atoms with Crippen LogP contribution in [0.2, 0.25) is 5.02 Å². The SMILES string of the molecule is CC(C)C(CO)Nc1ncc(Cl)cc1N. The number of rotatable bonds is 4. The van der Waals surface area contributed by atoms with Crippen molar-refractivity contribution in [2.75, 3.05) is 17.7 Å². The highest BCUT2D eigenvalue weighted by atomic mass is 35.5. The van der Waals surface area contributed by atoms with Gasteiger partial charge in [-0.25, -0.2) is 4.98 Å². The Hall–Kier alpha value is -1.00. The maximum Gasteiger partial charge on any atom is 0.149 e. The van der Waals surface area contributed by atoms with Crippen molar-refractivity contribution >= 4 is 23.1 Å². The van der Waals surface area contributed by atoms with Crippen molar-refractivity contribution < 1.29 is 5.11 Å². The minimum atomic E-state index is -0.0547. The maximum atomic E-state index is 9.15. The smallest absolute Gasteiger partial charge is 0.149 e. The molecule has 0 bridgehead atoms. The summed E-state index contributed by atoms with van der Waals surface area (Å²) in [5.41, 5.74) is 6.22. The number of hydrogen-bond acceptors (Lipinski definition) is 4. The summed E-state index contributed by atoms with van der Waals surface area (Å²) >= 11 is 5.73. The summed E-state index contributed by atoms with van der Waals surface area (Å²) < 4.78 is 0. The highest BCUT2D eigenvalue weighted by molar-refractivity contribution is 6.30. The number of anilines is 2. The number of aliphatic hydroxyl groups is 1. The second-order valence-corrected chi connectivity index (χ2v) is 4.21. The number of hydrogen-bond donors (Lipinski definition) is 3. The summed E-state index contributed by atoms with van der Waals surface area (Å²) in [7, 11) is 0. The Morgan fingerprint density at radius 3 is 2.73 bits per heavy atom. The van der Waals surface area contributed by atoms with Crippen molar-refractivity contribution in [3.8, 4) is 0 Å². The molecule has 0 aliphatic heterocycles. The first kappa shape index (κ1) is 12.1. The first-order valence-electron chi connectivity index (χ1n) is 4.83. The van der Waals surface area contributed by atoms with Crippen LogP contribution in [-0.2, 0) is 0 Å². The molecule has 4 N–H and O–H groups in total. The number of pyridine rings is 1. The van der Waals surface area contributed by atoms with Crippen LogP contribution in [0.3, 0.4) is 0 Å². The molecule has 15 heavy (non-hydrogen) atoms. The highest BCUT2D eigenvalue weighted by Crippen LogP contribution is 2.21. The molecule has 0 amide bonds. The number of nitrogens with zero attached hydrogens (tertiary/aromatic N) is 1. The van der Waals surface area contributed by atoms with Crippen molar-refractivity contribution in [3.63, 3.8) is 0 Å². The molecule has 0 fully saturated rings. The number of nitrogen functional groups attached to an aromatic ring is 1. The molecule has 1 rings (SSSR count). The molecule has 1 aromatic rings. The summed E-state index contributed by atoms with van der Waals surface area (Å²) in [5, 5.41) is 12.7. The average Bonchev–Trinajstić information content (AvgIpc) is 2.16. The minimum absolute atomic E-state index is 0.0431. The summed E-state index contributed by atoms with van der Waals surface area (Å²) in [6.45, 7) is 4.07. The molecule has 0 spiro atoms. The van der Waals surface area contributed by atoms with Crippen LogP contribution in [0.5, 0.6) is 0 Å². The zero-order valence-electron chi connectivity index (χ0n) is 8.87. The van der Waals surface area contributed by atoms with Gasteiger partial charge in [0.15, 0.2) is 0 Å². The molecule has 1 aromatic heterocycles. The molecule has 0 aliphatic rings. The van der Waals surface area contributed by atoms with E-state index >= 15 is 0 Å². The van der Waals surface area contributed by atoms with Crippen LogP contribution >= 0.6 is 11.6 Å². The first-order chi connectivity index (χ1) is 7.04. The Bertz CT molecular complexity index is 330. The first-order valence-corrected chi connectivity index (χ1v) is 5.20. The summed E-state index contributed by atoms with van der Waals surface area (Å²) in [4.78, 5) is 4.07. The van der Waals surface area contributed by atoms with E-state index in [1.54, 1.807) is 6.07 Å². The van der Waals surface area contributed by atoms with E-state index in [0.29, 0.717) is 22.4 Å². The zero-order chi connectivity index (χ0) is 11.4. The quantitative estimate of drug-likeness (QED) is 0.736. The monoisotopic (exact) mass is 229 g/mol. The van der Waals surface area contributed by atoms with Crippen LogP contribution in [0.1, 0.15) is 13.8 Å². The molecule has 0 saturated heterocycles. The van der Waals surface area contributed by atoms with Gasteiger partial charge in [0.2, 0.25) is 0 Å². The van der Waals surface area contributed by atoms with Gasteiger partial charge in [-0.3, -0.25) is 0 Å². The van der Waals surface area contributed by atoms with Crippen molar-refractivity contribution in [3.05, 3.63) is 17.3 Å². The summed E-state index contributed by atoms with van der Waals surface area (Å²) in [5.74, 6) is 0.860. The largest absolute Gasteiger partial charge is 0.396 e. The topological polar surface area (TPSA) is 71.2 Å². The van der Waals surface area contributed by atoms with Gasteiger partial charge in [0.25, 0.3) is 0 Å². The van der Waals surface area contributed by atoms with Crippen molar-refractivity contribution in [2.24, 2.45) is 5.92 Å². The normalized spacial score (nSPS) is 12.9. The number of halogens is 1. The van der Waals surface area contributed by atoms with Crippen LogP contribution in [0, 0.1) is 5.92 Å². The van der Waals surface area contributed by atoms with E-state index in [1.807, 2.05) is 13.8 Å². The van der Waals surface area contributed by atoms with Gasteiger partial charge in [-0.2, -0.15) is 0 Å². The van der Waals surface area contributed by atoms with E-state index in [0.717, 1.165) is 0 Å². The Morgan fingerprint density at radius 1 is 1.60 bits per heavy atom. The number of aliphatic hydroxyl groups excluding tert-OH is 1. The Labute approximate surface area is 94.5 Å². The third kappa shape index (κ3) is 3.25. The molecule has 0 aliphatic carbocycles. The van der Waals surface area contributed by atoms with Crippen molar-refractivity contribution in [1.82, 2.24) is 4.98 Å². The molecule has 5 heteroatoms. The Balaban J connectivity index is 2.79. The highest BCUT2D eigenvalue weighted by Gasteiger charge is 2.13. The lowest BCUT2D eigenvalue weighted by Gasteiger charge is -2.21. The predicted molar refractivity (Wildman–Crippen MR) is 63.0 cm³/mol. The third-order valence-electron chi connectivity index (χ3n) is 2.21. The minimum Gasteiger partial charge on any atom is -0.396 e. The second-order valence-electron chi connectivity index (χ2n) is 3.77. The fourth-order valence-electron chi connectivity index (χ4n) is 1.17. The summed E-state index contributed by atoms with van der Waals surface area (Å²) in [6.07, 6.45) is 1.52. The number of aromatic nitrogens is 1. The van der Waals surface area contributed by atoms with Gasteiger partial charge in [-0.15, -0.1) is 0 Å². The molecule has 0 saturated carbocycles. The van der Waals surface area contributed by atoms with E-state index in [2.05, 4.69) is 10.3 Å². The molecular formula is C10H16ClN3O. The second kappa shape index (κ2) is 5.19. The van der Waals surface area contributed by atoms with Crippen molar-refractivity contribution in [1.29, 1.82) is 0 Å². The Morgan fingerprint density at radius 2 is 2.27 bits per heavy atom. The van der Waals surface area contributed by atoms with E-state index in [-0.39, 0.29) is 12.6 Å². The van der Waals surface area contributed by atoms with Gasteiger partial charge in [0.05, 0.1) is 23.4 Å².